The molecular formula is C22H19ClFN3O5S. The average molecular weight is 492 g/mol. The van der Waals surface area contributed by atoms with Crippen LogP contribution < -0.4 is 10.2 Å². The second-order valence-electron chi connectivity index (χ2n) is 7.58. The number of aromatic nitrogens is 1. The summed E-state index contributed by atoms with van der Waals surface area (Å²) < 4.78 is 42.0. The van der Waals surface area contributed by atoms with Gasteiger partial charge in [-0.25, -0.2) is 12.8 Å². The molecule has 1 aromatic heterocycles. The van der Waals surface area contributed by atoms with Crippen molar-refractivity contribution < 1.29 is 22.7 Å². The van der Waals surface area contributed by atoms with Gasteiger partial charge in [-0.05, 0) is 23.3 Å². The third-order valence-corrected chi connectivity index (χ3v) is 6.71. The highest BCUT2D eigenvalue weighted by molar-refractivity contribution is 7.91. The van der Waals surface area contributed by atoms with E-state index < -0.39 is 32.9 Å². The maximum Gasteiger partial charge on any atom is 0.274 e. The summed E-state index contributed by atoms with van der Waals surface area (Å²) >= 11 is 5.80. The Morgan fingerprint density at radius 3 is 2.48 bits per heavy atom. The summed E-state index contributed by atoms with van der Waals surface area (Å²) in [5.74, 6) is -2.40. The van der Waals surface area contributed by atoms with Gasteiger partial charge in [0.05, 0.1) is 10.8 Å². The molecule has 0 fully saturated rings. The molecule has 0 bridgehead atoms. The van der Waals surface area contributed by atoms with Crippen LogP contribution in [0, 0.1) is 5.82 Å². The number of hydrogen-bond acceptors (Lipinski definition) is 5. The van der Waals surface area contributed by atoms with Crippen LogP contribution in [0.1, 0.15) is 21.6 Å². The standard InChI is InChI=1S/C22H19ClFN3O5S/c23-16-10-15(6-7-17(16)24)11-27-9-8-26-12-18(20(28)21(29)19(26)22(27)30)25-33(31,32)13-14-4-2-1-3-5-14/h1-7,10,12,25,29H,8-9,11,13H2. The number of carbonyl (C=O) groups excluding carboxylic acids is 1. The first-order valence-electron chi connectivity index (χ1n) is 9.88. The molecule has 0 unspecified atom stereocenters. The Kier molecular flexibility index (Phi) is 6.13. The van der Waals surface area contributed by atoms with Crippen molar-refractivity contribution in [3.63, 3.8) is 0 Å². The number of benzene rings is 2. The fraction of sp³-hybridized carbons (Fsp3) is 0.182. The molecule has 172 valence electrons. The Bertz CT molecular complexity index is 1390. The Labute approximate surface area is 193 Å². The first-order valence-corrected chi connectivity index (χ1v) is 11.9. The Morgan fingerprint density at radius 1 is 1.06 bits per heavy atom. The van der Waals surface area contributed by atoms with Gasteiger partial charge in [-0.2, -0.15) is 0 Å². The second-order valence-corrected chi connectivity index (χ2v) is 9.71. The van der Waals surface area contributed by atoms with Crippen molar-refractivity contribution in [2.24, 2.45) is 0 Å². The predicted octanol–water partition coefficient (Wildman–Crippen LogP) is 2.94. The number of sulfonamides is 1. The van der Waals surface area contributed by atoms with E-state index in [-0.39, 0.29) is 41.8 Å². The highest BCUT2D eigenvalue weighted by Gasteiger charge is 2.30. The molecule has 3 aromatic rings. The Morgan fingerprint density at radius 2 is 1.79 bits per heavy atom. The van der Waals surface area contributed by atoms with Crippen LogP contribution in [-0.4, -0.2) is 35.4 Å². The predicted molar refractivity (Wildman–Crippen MR) is 121 cm³/mol. The summed E-state index contributed by atoms with van der Waals surface area (Å²) in [6.07, 6.45) is 1.21. The normalized spacial score (nSPS) is 13.6. The number of fused-ring (bicyclic) bond motifs is 1. The summed E-state index contributed by atoms with van der Waals surface area (Å²) in [4.78, 5) is 27.0. The minimum absolute atomic E-state index is 0.0798. The fourth-order valence-electron chi connectivity index (χ4n) is 3.61. The SMILES string of the molecule is O=C1c2c(O)c(=O)c(NS(=O)(=O)Cc3ccccc3)cn2CCN1Cc1ccc(F)c(Cl)c1. The lowest BCUT2D eigenvalue weighted by atomic mass is 10.1. The van der Waals surface area contributed by atoms with Crippen molar-refractivity contribution in [2.75, 3.05) is 11.3 Å². The van der Waals surface area contributed by atoms with Gasteiger partial charge in [0, 0.05) is 25.8 Å². The van der Waals surface area contributed by atoms with Crippen LogP contribution in [0.5, 0.6) is 5.75 Å². The van der Waals surface area contributed by atoms with Crippen molar-refractivity contribution in [1.29, 1.82) is 0 Å². The third kappa shape index (κ3) is 4.86. The molecule has 0 aliphatic carbocycles. The third-order valence-electron chi connectivity index (χ3n) is 5.18. The quantitative estimate of drug-likeness (QED) is 0.551. The number of nitrogens with zero attached hydrogens (tertiary/aromatic N) is 2. The largest absolute Gasteiger partial charge is 0.502 e. The van der Waals surface area contributed by atoms with E-state index in [2.05, 4.69) is 4.72 Å². The number of pyridine rings is 1. The molecule has 11 heteroatoms. The van der Waals surface area contributed by atoms with Crippen molar-refractivity contribution in [1.82, 2.24) is 9.47 Å². The molecule has 8 nitrogen and oxygen atoms in total. The van der Waals surface area contributed by atoms with Crippen LogP contribution in [0.3, 0.4) is 0 Å². The molecule has 0 radical (unpaired) electrons. The fourth-order valence-corrected chi connectivity index (χ4v) is 5.00. The number of carbonyl (C=O) groups is 1. The van der Waals surface area contributed by atoms with Gasteiger partial charge in [0.15, 0.2) is 11.4 Å². The Hall–Kier alpha value is -3.37. The smallest absolute Gasteiger partial charge is 0.274 e. The van der Waals surface area contributed by atoms with Gasteiger partial charge in [0.1, 0.15) is 11.5 Å². The van der Waals surface area contributed by atoms with Crippen molar-refractivity contribution >= 4 is 33.2 Å². The van der Waals surface area contributed by atoms with Gasteiger partial charge in [-0.1, -0.05) is 48.0 Å². The lowest BCUT2D eigenvalue weighted by molar-refractivity contribution is 0.0683. The monoisotopic (exact) mass is 491 g/mol. The molecule has 33 heavy (non-hydrogen) atoms. The van der Waals surface area contributed by atoms with Gasteiger partial charge >= 0.3 is 0 Å². The Balaban J connectivity index is 1.58. The summed E-state index contributed by atoms with van der Waals surface area (Å²) in [6.45, 7) is 0.522. The number of aromatic hydroxyl groups is 1. The lowest BCUT2D eigenvalue weighted by Gasteiger charge is -2.30. The van der Waals surface area contributed by atoms with Crippen LogP contribution in [0.4, 0.5) is 10.1 Å². The van der Waals surface area contributed by atoms with Crippen molar-refractivity contribution in [3.8, 4) is 5.75 Å². The number of nitrogens with one attached hydrogen (secondary N) is 1. The van der Waals surface area contributed by atoms with E-state index in [0.717, 1.165) is 0 Å². The number of amides is 1. The summed E-state index contributed by atoms with van der Waals surface area (Å²) in [5, 5.41) is 10.4. The zero-order chi connectivity index (χ0) is 23.8. The molecule has 2 aromatic carbocycles. The number of rotatable bonds is 6. The second kappa shape index (κ2) is 8.87. The topological polar surface area (TPSA) is 109 Å². The van der Waals surface area contributed by atoms with E-state index in [1.165, 1.54) is 33.9 Å². The van der Waals surface area contributed by atoms with E-state index in [1.807, 2.05) is 0 Å². The van der Waals surface area contributed by atoms with Crippen LogP contribution in [0.15, 0.2) is 59.5 Å². The number of halogens is 2. The minimum atomic E-state index is -3.94. The minimum Gasteiger partial charge on any atom is -0.502 e. The van der Waals surface area contributed by atoms with Gasteiger partial charge in [-0.15, -0.1) is 0 Å². The van der Waals surface area contributed by atoms with E-state index in [9.17, 15) is 27.5 Å². The zero-order valence-corrected chi connectivity index (χ0v) is 18.7. The molecular weight excluding hydrogens is 473 g/mol. The van der Waals surface area contributed by atoms with E-state index in [4.69, 9.17) is 11.6 Å². The zero-order valence-electron chi connectivity index (χ0n) is 17.2. The van der Waals surface area contributed by atoms with Crippen LogP contribution in [0.25, 0.3) is 0 Å². The summed E-state index contributed by atoms with van der Waals surface area (Å²) in [5.41, 5.74) is -0.489. The first kappa shape index (κ1) is 22.8. The first-order chi connectivity index (χ1) is 15.6. The van der Waals surface area contributed by atoms with Crippen LogP contribution in [-0.2, 0) is 28.9 Å². The van der Waals surface area contributed by atoms with Crippen molar-refractivity contribution in [2.45, 2.75) is 18.8 Å². The highest BCUT2D eigenvalue weighted by atomic mass is 35.5. The molecule has 1 aliphatic heterocycles. The molecule has 0 saturated carbocycles. The van der Waals surface area contributed by atoms with Gasteiger partial charge in [0.2, 0.25) is 15.5 Å². The molecule has 2 N–H and O–H groups in total. The number of anilines is 1. The molecule has 4 rings (SSSR count). The van der Waals surface area contributed by atoms with Crippen molar-refractivity contribution in [3.05, 3.63) is 92.6 Å². The van der Waals surface area contributed by atoms with Gasteiger partial charge in [0.25, 0.3) is 5.91 Å². The van der Waals surface area contributed by atoms with Gasteiger partial charge < -0.3 is 14.6 Å². The maximum atomic E-state index is 13.4. The van der Waals surface area contributed by atoms with Gasteiger partial charge in [-0.3, -0.25) is 14.3 Å². The molecule has 0 saturated heterocycles. The number of hydrogen-bond donors (Lipinski definition) is 2. The molecule has 2 heterocycles. The molecule has 1 amide bonds. The summed E-state index contributed by atoms with van der Waals surface area (Å²) in [6, 6.07) is 12.5. The maximum absolute atomic E-state index is 13.4. The molecule has 0 spiro atoms. The lowest BCUT2D eigenvalue weighted by Crippen LogP contribution is -2.41. The molecule has 0 atom stereocenters. The summed E-state index contributed by atoms with van der Waals surface area (Å²) in [7, 11) is -3.94. The average Bonchev–Trinajstić information content (AvgIpc) is 2.76. The van der Waals surface area contributed by atoms with E-state index >= 15 is 0 Å². The highest BCUT2D eigenvalue weighted by Crippen LogP contribution is 2.25. The van der Waals surface area contributed by atoms with E-state index in [1.54, 1.807) is 30.3 Å². The van der Waals surface area contributed by atoms with Crippen LogP contribution >= 0.6 is 11.6 Å². The van der Waals surface area contributed by atoms with E-state index in [0.29, 0.717) is 11.1 Å². The van der Waals surface area contributed by atoms with Crippen LogP contribution in [0.2, 0.25) is 5.02 Å². The molecule has 1 aliphatic rings.